The van der Waals surface area contributed by atoms with Crippen LogP contribution in [0.2, 0.25) is 0 Å². The molecular weight excluding hydrogens is 358 g/mol. The van der Waals surface area contributed by atoms with Gasteiger partial charge in [-0.2, -0.15) is 5.10 Å². The fourth-order valence-corrected chi connectivity index (χ4v) is 3.90. The molecule has 2 heterocycles. The van der Waals surface area contributed by atoms with Crippen LogP contribution in [0.15, 0.2) is 18.2 Å². The maximum Gasteiger partial charge on any atom is 0.414 e. The SMILES string of the molecule is CCNc1n[nH]c2c1CCCc1cc(N3CC(CNC(C)=O)OC3=O)ccc1-2. The molecule has 148 valence electrons. The smallest absolute Gasteiger partial charge is 0.414 e. The van der Waals surface area contributed by atoms with E-state index in [0.717, 1.165) is 48.6 Å². The molecular formula is C20H25N5O3. The number of carbonyl (C=O) groups excluding carboxylic acids is 2. The predicted molar refractivity (Wildman–Crippen MR) is 107 cm³/mol. The van der Waals surface area contributed by atoms with Crippen LogP contribution >= 0.6 is 0 Å². The van der Waals surface area contributed by atoms with Crippen LogP contribution in [-0.2, 0) is 22.4 Å². The van der Waals surface area contributed by atoms with Gasteiger partial charge in [0.1, 0.15) is 6.10 Å². The molecule has 3 N–H and O–H groups in total. The molecule has 2 aromatic rings. The molecule has 1 saturated heterocycles. The summed E-state index contributed by atoms with van der Waals surface area (Å²) >= 11 is 0. The minimum Gasteiger partial charge on any atom is -0.442 e. The average Bonchev–Trinajstić information content (AvgIpc) is 3.18. The van der Waals surface area contributed by atoms with Gasteiger partial charge in [0.2, 0.25) is 5.91 Å². The highest BCUT2D eigenvalue weighted by Crippen LogP contribution is 2.36. The van der Waals surface area contributed by atoms with E-state index in [2.05, 4.69) is 39.9 Å². The van der Waals surface area contributed by atoms with Crippen molar-refractivity contribution in [2.45, 2.75) is 39.2 Å². The number of aromatic amines is 1. The van der Waals surface area contributed by atoms with E-state index >= 15 is 0 Å². The second kappa shape index (κ2) is 7.53. The zero-order valence-electron chi connectivity index (χ0n) is 16.2. The summed E-state index contributed by atoms with van der Waals surface area (Å²) in [4.78, 5) is 25.0. The lowest BCUT2D eigenvalue weighted by molar-refractivity contribution is -0.119. The number of rotatable bonds is 5. The quantitative estimate of drug-likeness (QED) is 0.737. The number of hydrogen-bond donors (Lipinski definition) is 3. The van der Waals surface area contributed by atoms with E-state index in [-0.39, 0.29) is 18.1 Å². The number of benzene rings is 1. The van der Waals surface area contributed by atoms with Gasteiger partial charge in [-0.3, -0.25) is 14.8 Å². The molecule has 1 aromatic heterocycles. The summed E-state index contributed by atoms with van der Waals surface area (Å²) in [5.74, 6) is 0.796. The molecule has 1 atom stereocenters. The first-order chi connectivity index (χ1) is 13.6. The largest absolute Gasteiger partial charge is 0.442 e. The zero-order chi connectivity index (χ0) is 19.7. The number of aromatic nitrogens is 2. The highest BCUT2D eigenvalue weighted by atomic mass is 16.6. The van der Waals surface area contributed by atoms with Crippen LogP contribution in [0.3, 0.4) is 0 Å². The summed E-state index contributed by atoms with van der Waals surface area (Å²) in [6.07, 6.45) is 2.22. The van der Waals surface area contributed by atoms with Crippen molar-refractivity contribution < 1.29 is 14.3 Å². The number of aryl methyl sites for hydroxylation is 1. The number of cyclic esters (lactones) is 1. The Labute approximate surface area is 163 Å². The van der Waals surface area contributed by atoms with E-state index in [1.165, 1.54) is 18.1 Å². The molecule has 1 aliphatic heterocycles. The van der Waals surface area contributed by atoms with Crippen molar-refractivity contribution in [1.82, 2.24) is 15.5 Å². The lowest BCUT2D eigenvalue weighted by atomic mass is 10.0. The molecule has 1 unspecified atom stereocenters. The number of fused-ring (bicyclic) bond motifs is 3. The predicted octanol–water partition coefficient (Wildman–Crippen LogP) is 2.46. The average molecular weight is 383 g/mol. The number of anilines is 2. The zero-order valence-corrected chi connectivity index (χ0v) is 16.2. The topological polar surface area (TPSA) is 99.4 Å². The van der Waals surface area contributed by atoms with Crippen LogP contribution in [0.4, 0.5) is 16.3 Å². The summed E-state index contributed by atoms with van der Waals surface area (Å²) in [6, 6.07) is 6.07. The lowest BCUT2D eigenvalue weighted by Crippen LogP contribution is -2.33. The molecule has 8 nitrogen and oxygen atoms in total. The number of nitrogens with zero attached hydrogens (tertiary/aromatic N) is 2. The van der Waals surface area contributed by atoms with Crippen molar-refractivity contribution in [3.05, 3.63) is 29.3 Å². The second-order valence-electron chi connectivity index (χ2n) is 7.20. The third kappa shape index (κ3) is 3.42. The van der Waals surface area contributed by atoms with Crippen LogP contribution in [-0.4, -0.2) is 47.9 Å². The van der Waals surface area contributed by atoms with Gasteiger partial charge >= 0.3 is 6.09 Å². The van der Waals surface area contributed by atoms with Gasteiger partial charge in [0.15, 0.2) is 5.82 Å². The van der Waals surface area contributed by atoms with Crippen molar-refractivity contribution in [3.63, 3.8) is 0 Å². The van der Waals surface area contributed by atoms with Gasteiger partial charge in [0.25, 0.3) is 0 Å². The van der Waals surface area contributed by atoms with E-state index in [4.69, 9.17) is 4.74 Å². The van der Waals surface area contributed by atoms with E-state index in [9.17, 15) is 9.59 Å². The Bertz CT molecular complexity index is 907. The molecule has 0 bridgehead atoms. The van der Waals surface area contributed by atoms with Crippen LogP contribution in [0.5, 0.6) is 0 Å². The minimum absolute atomic E-state index is 0.133. The first-order valence-corrected chi connectivity index (χ1v) is 9.73. The summed E-state index contributed by atoms with van der Waals surface area (Å²) in [7, 11) is 0. The number of nitrogens with one attached hydrogen (secondary N) is 3. The van der Waals surface area contributed by atoms with E-state index < -0.39 is 0 Å². The maximum atomic E-state index is 12.3. The molecule has 0 saturated carbocycles. The number of hydrogen-bond acceptors (Lipinski definition) is 5. The van der Waals surface area contributed by atoms with Gasteiger partial charge in [-0.05, 0) is 43.9 Å². The molecule has 2 aliphatic rings. The van der Waals surface area contributed by atoms with Crippen LogP contribution in [0.1, 0.15) is 31.4 Å². The summed E-state index contributed by atoms with van der Waals surface area (Å²) in [5, 5.41) is 13.6. The Kier molecular flexibility index (Phi) is 4.93. The van der Waals surface area contributed by atoms with Crippen LogP contribution < -0.4 is 15.5 Å². The fraction of sp³-hybridized carbons (Fsp3) is 0.450. The highest BCUT2D eigenvalue weighted by molar-refractivity contribution is 5.90. The number of amides is 2. The maximum absolute atomic E-state index is 12.3. The molecule has 1 fully saturated rings. The van der Waals surface area contributed by atoms with Crippen molar-refractivity contribution in [3.8, 4) is 11.3 Å². The van der Waals surface area contributed by atoms with Crippen LogP contribution in [0.25, 0.3) is 11.3 Å². The molecule has 28 heavy (non-hydrogen) atoms. The first-order valence-electron chi connectivity index (χ1n) is 9.73. The molecule has 1 aromatic carbocycles. The van der Waals surface area contributed by atoms with Gasteiger partial charge in [-0.15, -0.1) is 0 Å². The summed E-state index contributed by atoms with van der Waals surface area (Å²) in [5.41, 5.74) is 5.44. The van der Waals surface area contributed by atoms with Crippen molar-refractivity contribution in [1.29, 1.82) is 0 Å². The molecule has 8 heteroatoms. The molecule has 1 aliphatic carbocycles. The normalized spacial score (nSPS) is 18.1. The summed E-state index contributed by atoms with van der Waals surface area (Å²) < 4.78 is 5.38. The highest BCUT2D eigenvalue weighted by Gasteiger charge is 2.33. The van der Waals surface area contributed by atoms with Crippen molar-refractivity contribution >= 4 is 23.5 Å². The van der Waals surface area contributed by atoms with Gasteiger partial charge in [-0.25, -0.2) is 4.79 Å². The minimum atomic E-state index is -0.374. The number of ether oxygens (including phenoxy) is 1. The molecule has 0 spiro atoms. The third-order valence-electron chi connectivity index (χ3n) is 5.21. The Morgan fingerprint density at radius 3 is 3.04 bits per heavy atom. The van der Waals surface area contributed by atoms with Crippen molar-refractivity contribution in [2.24, 2.45) is 0 Å². The number of H-pyrrole nitrogens is 1. The monoisotopic (exact) mass is 383 g/mol. The molecule has 0 radical (unpaired) electrons. The molecule has 2 amide bonds. The fourth-order valence-electron chi connectivity index (χ4n) is 3.90. The van der Waals surface area contributed by atoms with Crippen LogP contribution in [0, 0.1) is 0 Å². The van der Waals surface area contributed by atoms with Gasteiger partial charge in [-0.1, -0.05) is 6.07 Å². The van der Waals surface area contributed by atoms with Gasteiger partial charge in [0, 0.05) is 30.3 Å². The van der Waals surface area contributed by atoms with Gasteiger partial charge in [0.05, 0.1) is 18.8 Å². The Hall–Kier alpha value is -3.03. The van der Waals surface area contributed by atoms with E-state index in [1.807, 2.05) is 6.07 Å². The second-order valence-corrected chi connectivity index (χ2v) is 7.20. The Morgan fingerprint density at radius 1 is 1.39 bits per heavy atom. The van der Waals surface area contributed by atoms with Gasteiger partial charge < -0.3 is 15.4 Å². The Morgan fingerprint density at radius 2 is 2.25 bits per heavy atom. The Balaban J connectivity index is 1.58. The molecule has 4 rings (SSSR count). The van der Waals surface area contributed by atoms with E-state index in [1.54, 1.807) is 4.90 Å². The lowest BCUT2D eigenvalue weighted by Gasteiger charge is -2.16. The summed E-state index contributed by atoms with van der Waals surface area (Å²) in [6.45, 7) is 5.10. The standard InChI is InChI=1S/C20H25N5O3/c1-3-21-19-17-6-4-5-13-9-14(7-8-16(13)18(17)23-24-19)25-11-15(28-20(25)27)10-22-12(2)26/h7-9,15H,3-6,10-11H2,1-2H3,(H,22,26)(H2,21,23,24). The number of carbonyl (C=O) groups is 2. The van der Waals surface area contributed by atoms with E-state index in [0.29, 0.717) is 13.1 Å². The third-order valence-corrected chi connectivity index (χ3v) is 5.21. The van der Waals surface area contributed by atoms with Crippen molar-refractivity contribution in [2.75, 3.05) is 29.9 Å². The first kappa shape index (κ1) is 18.3.